The number of aromatic nitrogens is 2. The second-order valence-corrected chi connectivity index (χ2v) is 8.75. The largest absolute Gasteiger partial charge is 0.352 e. The SMILES string of the molecule is Cc1cc(C)n(Cc2cccc(CNC(=O)[C@@H]3CC(=O)N(c4cccc(C)c4C)C3)c2)n1. The lowest BCUT2D eigenvalue weighted by Gasteiger charge is -2.20. The Hall–Kier alpha value is -3.41. The minimum Gasteiger partial charge on any atom is -0.352 e. The van der Waals surface area contributed by atoms with E-state index in [4.69, 9.17) is 0 Å². The van der Waals surface area contributed by atoms with Gasteiger partial charge in [-0.1, -0.05) is 36.4 Å². The summed E-state index contributed by atoms with van der Waals surface area (Å²) >= 11 is 0. The summed E-state index contributed by atoms with van der Waals surface area (Å²) < 4.78 is 1.99. The fourth-order valence-electron chi connectivity index (χ4n) is 4.32. The van der Waals surface area contributed by atoms with E-state index in [1.165, 1.54) is 0 Å². The van der Waals surface area contributed by atoms with Crippen molar-refractivity contribution in [1.29, 1.82) is 0 Å². The first-order valence-corrected chi connectivity index (χ1v) is 11.0. The van der Waals surface area contributed by atoms with E-state index in [-0.39, 0.29) is 24.2 Å². The fraction of sp³-hybridized carbons (Fsp3) is 0.346. The predicted octanol–water partition coefficient (Wildman–Crippen LogP) is 3.83. The molecule has 0 radical (unpaired) electrons. The molecule has 1 N–H and O–H groups in total. The first kappa shape index (κ1) is 21.8. The minimum absolute atomic E-state index is 0.00531. The van der Waals surface area contributed by atoms with Gasteiger partial charge in [-0.25, -0.2) is 0 Å². The van der Waals surface area contributed by atoms with Crippen LogP contribution in [0.4, 0.5) is 5.69 Å². The average Bonchev–Trinajstić information content (AvgIpc) is 3.30. The van der Waals surface area contributed by atoms with Gasteiger partial charge in [-0.05, 0) is 62.1 Å². The van der Waals surface area contributed by atoms with Crippen LogP contribution in [0.3, 0.4) is 0 Å². The molecule has 0 aliphatic carbocycles. The average molecular weight is 431 g/mol. The fourth-order valence-corrected chi connectivity index (χ4v) is 4.32. The van der Waals surface area contributed by atoms with Crippen LogP contribution in [-0.4, -0.2) is 28.1 Å². The van der Waals surface area contributed by atoms with Crippen molar-refractivity contribution in [1.82, 2.24) is 15.1 Å². The number of hydrogen-bond acceptors (Lipinski definition) is 3. The summed E-state index contributed by atoms with van der Waals surface area (Å²) in [5.74, 6) is -0.402. The van der Waals surface area contributed by atoms with E-state index in [2.05, 4.69) is 35.5 Å². The molecule has 6 nitrogen and oxygen atoms in total. The monoisotopic (exact) mass is 430 g/mol. The maximum atomic E-state index is 12.8. The molecule has 3 aromatic rings. The molecule has 1 atom stereocenters. The van der Waals surface area contributed by atoms with E-state index in [1.807, 2.05) is 55.8 Å². The van der Waals surface area contributed by atoms with Crippen LogP contribution >= 0.6 is 0 Å². The smallest absolute Gasteiger partial charge is 0.227 e. The number of aryl methyl sites for hydroxylation is 3. The quantitative estimate of drug-likeness (QED) is 0.646. The van der Waals surface area contributed by atoms with Gasteiger partial charge in [0.15, 0.2) is 0 Å². The Labute approximate surface area is 189 Å². The number of benzene rings is 2. The molecule has 0 bridgehead atoms. The lowest BCUT2D eigenvalue weighted by molar-refractivity contribution is -0.126. The maximum absolute atomic E-state index is 12.8. The number of carbonyl (C=O) groups excluding carboxylic acids is 2. The molecule has 4 rings (SSSR count). The van der Waals surface area contributed by atoms with Crippen LogP contribution in [-0.2, 0) is 22.7 Å². The Morgan fingerprint density at radius 3 is 2.56 bits per heavy atom. The third-order valence-electron chi connectivity index (χ3n) is 6.26. The van der Waals surface area contributed by atoms with Crippen molar-refractivity contribution in [3.05, 3.63) is 82.2 Å². The number of hydrogen-bond donors (Lipinski definition) is 1. The third-order valence-corrected chi connectivity index (χ3v) is 6.26. The third kappa shape index (κ3) is 4.59. The highest BCUT2D eigenvalue weighted by Gasteiger charge is 2.35. The molecule has 1 fully saturated rings. The lowest BCUT2D eigenvalue weighted by atomic mass is 10.1. The predicted molar refractivity (Wildman–Crippen MR) is 125 cm³/mol. The second-order valence-electron chi connectivity index (χ2n) is 8.75. The number of nitrogens with zero attached hydrogens (tertiary/aromatic N) is 3. The van der Waals surface area contributed by atoms with Crippen molar-refractivity contribution in [3.63, 3.8) is 0 Å². The van der Waals surface area contributed by atoms with Gasteiger partial charge in [0.05, 0.1) is 18.2 Å². The van der Waals surface area contributed by atoms with Gasteiger partial charge >= 0.3 is 0 Å². The zero-order chi connectivity index (χ0) is 22.8. The van der Waals surface area contributed by atoms with E-state index in [0.717, 1.165) is 39.3 Å². The van der Waals surface area contributed by atoms with Crippen molar-refractivity contribution < 1.29 is 9.59 Å². The molecule has 2 amide bonds. The molecule has 0 saturated carbocycles. The first-order chi connectivity index (χ1) is 15.3. The van der Waals surface area contributed by atoms with E-state index in [0.29, 0.717) is 19.6 Å². The zero-order valence-corrected chi connectivity index (χ0v) is 19.2. The van der Waals surface area contributed by atoms with E-state index >= 15 is 0 Å². The molecule has 166 valence electrons. The number of nitrogens with one attached hydrogen (secondary N) is 1. The Kier molecular flexibility index (Phi) is 6.12. The summed E-state index contributed by atoms with van der Waals surface area (Å²) in [5, 5.41) is 7.55. The molecular formula is C26H30N4O2. The summed E-state index contributed by atoms with van der Waals surface area (Å²) in [7, 11) is 0. The zero-order valence-electron chi connectivity index (χ0n) is 19.2. The number of amides is 2. The van der Waals surface area contributed by atoms with Crippen LogP contribution in [0.2, 0.25) is 0 Å². The van der Waals surface area contributed by atoms with E-state index < -0.39 is 0 Å². The van der Waals surface area contributed by atoms with Crippen LogP contribution in [0.5, 0.6) is 0 Å². The van der Waals surface area contributed by atoms with Crippen LogP contribution in [0.15, 0.2) is 48.5 Å². The highest BCUT2D eigenvalue weighted by atomic mass is 16.2. The number of rotatable bonds is 6. The number of anilines is 1. The Bertz CT molecular complexity index is 1160. The van der Waals surface area contributed by atoms with Crippen LogP contribution < -0.4 is 10.2 Å². The summed E-state index contributed by atoms with van der Waals surface area (Å²) in [5.41, 5.74) is 7.44. The highest BCUT2D eigenvalue weighted by molar-refractivity contribution is 6.00. The molecule has 1 aliphatic rings. The molecular weight excluding hydrogens is 400 g/mol. The van der Waals surface area contributed by atoms with E-state index in [1.54, 1.807) is 4.90 Å². The molecule has 2 heterocycles. The topological polar surface area (TPSA) is 67.2 Å². The summed E-state index contributed by atoms with van der Waals surface area (Å²) in [6.07, 6.45) is 0.247. The normalized spacial score (nSPS) is 15.9. The molecule has 0 spiro atoms. The van der Waals surface area contributed by atoms with Crippen molar-refractivity contribution in [3.8, 4) is 0 Å². The van der Waals surface area contributed by atoms with Gasteiger partial charge in [-0.15, -0.1) is 0 Å². The van der Waals surface area contributed by atoms with Gasteiger partial charge in [0.25, 0.3) is 0 Å². The molecule has 0 unspecified atom stereocenters. The second kappa shape index (κ2) is 8.99. The van der Waals surface area contributed by atoms with Gasteiger partial charge in [-0.2, -0.15) is 5.10 Å². The Morgan fingerprint density at radius 1 is 1.06 bits per heavy atom. The minimum atomic E-state index is -0.333. The molecule has 1 aliphatic heterocycles. The van der Waals surface area contributed by atoms with Crippen molar-refractivity contribution in [2.24, 2.45) is 5.92 Å². The summed E-state index contributed by atoms with van der Waals surface area (Å²) in [6.45, 7) is 9.66. The standard InChI is InChI=1S/C26H30N4O2/c1-17-7-5-10-24(20(17)4)29-16-23(13-25(29)31)26(32)27-14-21-8-6-9-22(12-21)15-30-19(3)11-18(2)28-30/h5-12,23H,13-16H2,1-4H3,(H,27,32)/t23-/m1/s1. The van der Waals surface area contributed by atoms with Crippen LogP contribution in [0.1, 0.15) is 40.1 Å². The van der Waals surface area contributed by atoms with E-state index in [9.17, 15) is 9.59 Å². The number of carbonyl (C=O) groups is 2. The Balaban J connectivity index is 1.37. The van der Waals surface area contributed by atoms with Crippen molar-refractivity contribution in [2.45, 2.75) is 47.2 Å². The van der Waals surface area contributed by atoms with Crippen molar-refractivity contribution >= 4 is 17.5 Å². The Morgan fingerprint density at radius 2 is 1.81 bits per heavy atom. The molecule has 32 heavy (non-hydrogen) atoms. The molecule has 1 aromatic heterocycles. The highest BCUT2D eigenvalue weighted by Crippen LogP contribution is 2.29. The maximum Gasteiger partial charge on any atom is 0.227 e. The molecule has 2 aromatic carbocycles. The molecule has 1 saturated heterocycles. The summed E-state index contributed by atoms with van der Waals surface area (Å²) in [6, 6.07) is 16.2. The van der Waals surface area contributed by atoms with Crippen LogP contribution in [0.25, 0.3) is 0 Å². The summed E-state index contributed by atoms with van der Waals surface area (Å²) in [4.78, 5) is 27.2. The van der Waals surface area contributed by atoms with Gasteiger partial charge in [-0.3, -0.25) is 14.3 Å². The van der Waals surface area contributed by atoms with Crippen LogP contribution in [0, 0.1) is 33.6 Å². The molecule has 6 heteroatoms. The lowest BCUT2D eigenvalue weighted by Crippen LogP contribution is -2.32. The van der Waals surface area contributed by atoms with Gasteiger partial charge < -0.3 is 10.2 Å². The van der Waals surface area contributed by atoms with Gasteiger partial charge in [0.2, 0.25) is 11.8 Å². The van der Waals surface area contributed by atoms with Crippen molar-refractivity contribution in [2.75, 3.05) is 11.4 Å². The first-order valence-electron chi connectivity index (χ1n) is 11.0. The van der Waals surface area contributed by atoms with Gasteiger partial charge in [0, 0.05) is 30.9 Å². The van der Waals surface area contributed by atoms with Gasteiger partial charge in [0.1, 0.15) is 0 Å².